The van der Waals surface area contributed by atoms with Crippen LogP contribution in [0.1, 0.15) is 11.1 Å². The van der Waals surface area contributed by atoms with Crippen LogP contribution in [0.5, 0.6) is 11.5 Å². The Labute approximate surface area is 185 Å². The number of phenols is 2. The number of benzene rings is 2. The van der Waals surface area contributed by atoms with Crippen LogP contribution >= 0.6 is 45.2 Å². The summed E-state index contributed by atoms with van der Waals surface area (Å²) in [5.74, 6) is 0.372. The Morgan fingerprint density at radius 1 is 1.00 bits per heavy atom. The lowest BCUT2D eigenvalue weighted by atomic mass is 10.1. The average Bonchev–Trinajstić information content (AvgIpc) is 2.59. The predicted molar refractivity (Wildman–Crippen MR) is 121 cm³/mol. The van der Waals surface area contributed by atoms with Gasteiger partial charge in [-0.2, -0.15) is 0 Å². The second kappa shape index (κ2) is 9.85. The molecular weight excluding hydrogens is 576 g/mol. The molecule has 0 saturated carbocycles. The number of phenolic OH excluding ortho intramolecular Hbond substituents is 2. The van der Waals surface area contributed by atoms with E-state index in [1.165, 1.54) is 18.2 Å². The normalized spacial score (nSPS) is 11.3. The highest BCUT2D eigenvalue weighted by atomic mass is 127. The summed E-state index contributed by atoms with van der Waals surface area (Å²) in [5, 5.41) is 31.0. The number of rotatable bonds is 8. The van der Waals surface area contributed by atoms with E-state index in [1.807, 2.05) is 31.1 Å². The van der Waals surface area contributed by atoms with Crippen molar-refractivity contribution in [3.05, 3.63) is 58.7 Å². The number of hydrogen-bond donors (Lipinski definition) is 2. The van der Waals surface area contributed by atoms with Crippen LogP contribution < -0.4 is 0 Å². The zero-order chi connectivity index (χ0) is 20.1. The molecule has 0 aliphatic carbocycles. The van der Waals surface area contributed by atoms with Gasteiger partial charge < -0.3 is 20.0 Å². The Morgan fingerprint density at radius 3 is 2.19 bits per heavy atom. The van der Waals surface area contributed by atoms with Crippen LogP contribution in [0, 0.1) is 17.3 Å². The van der Waals surface area contributed by atoms with Gasteiger partial charge in [-0.15, -0.1) is 0 Å². The summed E-state index contributed by atoms with van der Waals surface area (Å²) in [6.45, 7) is 2.48. The van der Waals surface area contributed by atoms with E-state index in [0.717, 1.165) is 19.2 Å². The van der Waals surface area contributed by atoms with Gasteiger partial charge in [-0.25, -0.2) is 0 Å². The maximum absolute atomic E-state index is 10.9. The average molecular weight is 597 g/mol. The quantitative estimate of drug-likeness (QED) is 0.274. The lowest BCUT2D eigenvalue weighted by Gasteiger charge is -2.23. The molecule has 0 aliphatic heterocycles. The smallest absolute Gasteiger partial charge is 0.270 e. The van der Waals surface area contributed by atoms with Gasteiger partial charge in [0.05, 0.1) is 8.49 Å². The third-order valence-electron chi connectivity index (χ3n) is 4.12. The van der Waals surface area contributed by atoms with E-state index < -0.39 is 4.92 Å². The summed E-state index contributed by atoms with van der Waals surface area (Å²) in [6.07, 6.45) is 0. The number of non-ortho nitro benzene ring substituents is 1. The third kappa shape index (κ3) is 6.43. The van der Waals surface area contributed by atoms with E-state index in [4.69, 9.17) is 0 Å². The first-order valence-corrected chi connectivity index (χ1v) is 10.3. The highest BCUT2D eigenvalue weighted by molar-refractivity contribution is 14.1. The molecule has 2 N–H and O–H groups in total. The standard InChI is InChI=1S/C18H21I2N3O4/c1-21(10-12-8-15(23(26)27)3-4-17(12)24)5-6-22(2)11-13-7-14(19)9-16(20)18(13)25/h3-4,7-9,24-25H,5-6,10-11H2,1-2H3. The molecule has 2 aromatic carbocycles. The molecule has 2 rings (SSSR count). The molecule has 0 heterocycles. The molecule has 0 spiro atoms. The maximum atomic E-state index is 10.9. The molecule has 0 bridgehead atoms. The van der Waals surface area contributed by atoms with Gasteiger partial charge in [-0.1, -0.05) is 0 Å². The molecule has 146 valence electrons. The number of likely N-dealkylation sites (N-methyl/N-ethyl adjacent to an activating group) is 2. The molecule has 0 aromatic heterocycles. The number of nitrogens with zero attached hydrogens (tertiary/aromatic N) is 3. The molecule has 27 heavy (non-hydrogen) atoms. The highest BCUT2D eigenvalue weighted by Gasteiger charge is 2.13. The number of halogens is 2. The fourth-order valence-electron chi connectivity index (χ4n) is 2.63. The number of hydrogen-bond acceptors (Lipinski definition) is 6. The van der Waals surface area contributed by atoms with E-state index in [2.05, 4.69) is 50.1 Å². The Morgan fingerprint density at radius 2 is 1.59 bits per heavy atom. The first-order valence-electron chi connectivity index (χ1n) is 8.17. The summed E-state index contributed by atoms with van der Waals surface area (Å²) in [4.78, 5) is 14.5. The largest absolute Gasteiger partial charge is 0.508 e. The third-order valence-corrected chi connectivity index (χ3v) is 5.57. The summed E-state index contributed by atoms with van der Waals surface area (Å²) in [6, 6.07) is 7.95. The van der Waals surface area contributed by atoms with Crippen molar-refractivity contribution in [1.82, 2.24) is 9.80 Å². The molecule has 0 unspecified atom stereocenters. The van der Waals surface area contributed by atoms with Crippen molar-refractivity contribution in [2.75, 3.05) is 27.2 Å². The van der Waals surface area contributed by atoms with E-state index in [-0.39, 0.29) is 11.4 Å². The zero-order valence-corrected chi connectivity index (χ0v) is 19.3. The number of aromatic hydroxyl groups is 2. The summed E-state index contributed by atoms with van der Waals surface area (Å²) < 4.78 is 1.91. The summed E-state index contributed by atoms with van der Waals surface area (Å²) in [7, 11) is 3.88. The van der Waals surface area contributed by atoms with Gasteiger partial charge in [0, 0.05) is 53.0 Å². The zero-order valence-electron chi connectivity index (χ0n) is 15.0. The minimum atomic E-state index is -0.466. The van der Waals surface area contributed by atoms with E-state index in [0.29, 0.717) is 30.9 Å². The summed E-state index contributed by atoms with van der Waals surface area (Å²) >= 11 is 4.36. The first-order chi connectivity index (χ1) is 12.7. The van der Waals surface area contributed by atoms with Crippen molar-refractivity contribution in [1.29, 1.82) is 0 Å². The fraction of sp³-hybridized carbons (Fsp3) is 0.333. The van der Waals surface area contributed by atoms with Gasteiger partial charge in [0.2, 0.25) is 0 Å². The van der Waals surface area contributed by atoms with Crippen molar-refractivity contribution in [3.8, 4) is 11.5 Å². The molecule has 0 amide bonds. The molecule has 0 radical (unpaired) electrons. The van der Waals surface area contributed by atoms with Gasteiger partial charge >= 0.3 is 0 Å². The Balaban J connectivity index is 1.93. The predicted octanol–water partition coefficient (Wildman–Crippen LogP) is 3.78. The number of nitro benzene ring substituents is 1. The molecule has 0 atom stereocenters. The molecular formula is C18H21I2N3O4. The van der Waals surface area contributed by atoms with Crippen LogP contribution in [0.3, 0.4) is 0 Å². The summed E-state index contributed by atoms with van der Waals surface area (Å²) in [5.41, 5.74) is 1.38. The van der Waals surface area contributed by atoms with Crippen LogP contribution in [0.2, 0.25) is 0 Å². The molecule has 0 saturated heterocycles. The van der Waals surface area contributed by atoms with Gasteiger partial charge in [-0.05, 0) is 77.5 Å². The van der Waals surface area contributed by atoms with Gasteiger partial charge in [0.15, 0.2) is 0 Å². The lowest BCUT2D eigenvalue weighted by molar-refractivity contribution is -0.385. The Kier molecular flexibility index (Phi) is 8.06. The monoisotopic (exact) mass is 597 g/mol. The van der Waals surface area contributed by atoms with E-state index >= 15 is 0 Å². The fourth-order valence-corrected chi connectivity index (χ4v) is 4.60. The number of nitro groups is 1. The Bertz CT molecular complexity index is 832. The minimum Gasteiger partial charge on any atom is -0.508 e. The molecule has 7 nitrogen and oxygen atoms in total. The van der Waals surface area contributed by atoms with Crippen LogP contribution in [0.25, 0.3) is 0 Å². The van der Waals surface area contributed by atoms with Crippen molar-refractivity contribution in [2.24, 2.45) is 0 Å². The van der Waals surface area contributed by atoms with Crippen LogP contribution in [-0.4, -0.2) is 52.1 Å². The molecule has 2 aromatic rings. The van der Waals surface area contributed by atoms with Crippen molar-refractivity contribution in [3.63, 3.8) is 0 Å². The minimum absolute atomic E-state index is 0.0305. The van der Waals surface area contributed by atoms with Gasteiger partial charge in [0.1, 0.15) is 11.5 Å². The molecule has 0 fully saturated rings. The van der Waals surface area contributed by atoms with Crippen molar-refractivity contribution in [2.45, 2.75) is 13.1 Å². The molecule has 0 aliphatic rings. The van der Waals surface area contributed by atoms with Gasteiger partial charge in [0.25, 0.3) is 5.69 Å². The Hall–Kier alpha value is -1.18. The van der Waals surface area contributed by atoms with E-state index in [9.17, 15) is 20.3 Å². The van der Waals surface area contributed by atoms with Crippen LogP contribution in [-0.2, 0) is 13.1 Å². The molecule has 9 heteroatoms. The second-order valence-corrected chi connectivity index (χ2v) is 8.85. The first kappa shape index (κ1) is 22.1. The van der Waals surface area contributed by atoms with Crippen molar-refractivity contribution >= 4 is 50.9 Å². The van der Waals surface area contributed by atoms with Crippen LogP contribution in [0.15, 0.2) is 30.3 Å². The topological polar surface area (TPSA) is 90.1 Å². The SMILES string of the molecule is CN(CCN(C)Cc1cc(I)cc(I)c1O)Cc1cc([N+](=O)[O-])ccc1O. The van der Waals surface area contributed by atoms with Crippen LogP contribution in [0.4, 0.5) is 5.69 Å². The van der Waals surface area contributed by atoms with Crippen molar-refractivity contribution < 1.29 is 15.1 Å². The van der Waals surface area contributed by atoms with Gasteiger partial charge in [-0.3, -0.25) is 10.1 Å². The maximum Gasteiger partial charge on any atom is 0.270 e. The second-order valence-electron chi connectivity index (χ2n) is 6.44. The van der Waals surface area contributed by atoms with E-state index in [1.54, 1.807) is 0 Å². The highest BCUT2D eigenvalue weighted by Crippen LogP contribution is 2.28. The lowest BCUT2D eigenvalue weighted by Crippen LogP contribution is -2.30.